The fraction of sp³-hybridized carbons (Fsp3) is 0.290. The van der Waals surface area contributed by atoms with Crippen molar-refractivity contribution in [2.75, 3.05) is 21.3 Å². The lowest BCUT2D eigenvalue weighted by atomic mass is 9.96. The molecule has 0 radical (unpaired) electrons. The third kappa shape index (κ3) is 5.54. The first kappa shape index (κ1) is 28.4. The number of aryl methyl sites for hydroxylation is 1. The Labute approximate surface area is 233 Å². The van der Waals surface area contributed by atoms with Gasteiger partial charge in [0.25, 0.3) is 5.56 Å². The van der Waals surface area contributed by atoms with Crippen LogP contribution in [-0.4, -0.2) is 49.3 Å². The number of para-hydroxylation sites is 2. The van der Waals surface area contributed by atoms with Gasteiger partial charge in [-0.1, -0.05) is 32.0 Å². The van der Waals surface area contributed by atoms with Crippen LogP contribution in [0.5, 0.6) is 17.2 Å². The monoisotopic (exact) mass is 543 g/mol. The summed E-state index contributed by atoms with van der Waals surface area (Å²) in [4.78, 5) is 30.7. The van der Waals surface area contributed by atoms with Crippen LogP contribution < -0.4 is 19.8 Å². The highest BCUT2D eigenvalue weighted by molar-refractivity contribution is 5.86. The Bertz CT molecular complexity index is 1640. The highest BCUT2D eigenvalue weighted by Gasteiger charge is 2.21. The molecule has 1 atom stereocenters. The van der Waals surface area contributed by atoms with E-state index in [4.69, 9.17) is 23.9 Å². The molecule has 0 bridgehead atoms. The summed E-state index contributed by atoms with van der Waals surface area (Å²) in [5.74, 6) is 1.48. The molecular formula is C31H33N3O6. The van der Waals surface area contributed by atoms with E-state index < -0.39 is 12.1 Å². The summed E-state index contributed by atoms with van der Waals surface area (Å²) in [6.45, 7) is 7.68. The number of ether oxygens (including phenoxy) is 4. The van der Waals surface area contributed by atoms with E-state index in [1.54, 1.807) is 50.4 Å². The first-order valence-corrected chi connectivity index (χ1v) is 12.9. The summed E-state index contributed by atoms with van der Waals surface area (Å²) < 4.78 is 23.1. The van der Waals surface area contributed by atoms with Gasteiger partial charge in [0.15, 0.2) is 23.4 Å². The minimum absolute atomic E-state index is 0.173. The number of rotatable bonds is 9. The number of nitrogens with zero attached hydrogens (tertiary/aromatic N) is 3. The van der Waals surface area contributed by atoms with E-state index >= 15 is 0 Å². The Morgan fingerprint density at radius 2 is 1.70 bits per heavy atom. The molecule has 1 heterocycles. The minimum atomic E-state index is -0.898. The largest absolute Gasteiger partial charge is 0.496 e. The molecule has 9 nitrogen and oxygen atoms in total. The molecule has 208 valence electrons. The molecule has 4 aromatic rings. The van der Waals surface area contributed by atoms with Gasteiger partial charge >= 0.3 is 5.97 Å². The van der Waals surface area contributed by atoms with Crippen molar-refractivity contribution in [3.05, 3.63) is 81.6 Å². The Hall–Kier alpha value is -4.66. The summed E-state index contributed by atoms with van der Waals surface area (Å²) >= 11 is 0. The van der Waals surface area contributed by atoms with Gasteiger partial charge < -0.3 is 18.9 Å². The molecule has 0 amide bonds. The second-order valence-electron chi connectivity index (χ2n) is 9.54. The van der Waals surface area contributed by atoms with Crippen molar-refractivity contribution < 1.29 is 23.7 Å². The normalized spacial score (nSPS) is 12.1. The van der Waals surface area contributed by atoms with Gasteiger partial charge in [-0.2, -0.15) is 9.78 Å². The molecule has 0 aliphatic rings. The second kappa shape index (κ2) is 12.0. The van der Waals surface area contributed by atoms with Crippen molar-refractivity contribution in [2.24, 2.45) is 5.10 Å². The fourth-order valence-corrected chi connectivity index (χ4v) is 4.40. The quantitative estimate of drug-likeness (QED) is 0.208. The van der Waals surface area contributed by atoms with Crippen molar-refractivity contribution >= 4 is 23.1 Å². The molecule has 3 aromatic carbocycles. The van der Waals surface area contributed by atoms with Gasteiger partial charge in [-0.05, 0) is 67.3 Å². The van der Waals surface area contributed by atoms with E-state index in [0.717, 1.165) is 22.4 Å². The highest BCUT2D eigenvalue weighted by Crippen LogP contribution is 2.34. The predicted octanol–water partition coefficient (Wildman–Crippen LogP) is 5.34. The third-order valence-corrected chi connectivity index (χ3v) is 6.56. The molecular weight excluding hydrogens is 510 g/mol. The van der Waals surface area contributed by atoms with E-state index in [2.05, 4.69) is 18.9 Å². The van der Waals surface area contributed by atoms with Gasteiger partial charge in [-0.25, -0.2) is 9.78 Å². The van der Waals surface area contributed by atoms with Crippen LogP contribution >= 0.6 is 0 Å². The first-order valence-electron chi connectivity index (χ1n) is 12.9. The molecule has 0 saturated carbocycles. The molecule has 0 aliphatic carbocycles. The zero-order valence-electron chi connectivity index (χ0n) is 23.7. The Morgan fingerprint density at radius 1 is 0.975 bits per heavy atom. The van der Waals surface area contributed by atoms with Gasteiger partial charge in [-0.15, -0.1) is 0 Å². The topological polar surface area (TPSA) is 101 Å². The smallest absolute Gasteiger partial charge is 0.346 e. The maximum atomic E-state index is 13.8. The maximum Gasteiger partial charge on any atom is 0.346 e. The van der Waals surface area contributed by atoms with Crippen LogP contribution in [0.4, 0.5) is 0 Å². The van der Waals surface area contributed by atoms with Crippen LogP contribution in [0.15, 0.2) is 64.5 Å². The van der Waals surface area contributed by atoms with Crippen molar-refractivity contribution in [1.29, 1.82) is 0 Å². The SMILES string of the molecule is COC(=O)[C@@H](C)Oc1c(C=Nn2c(-c3cc(C(C)C)c(OC)cc3C)nc3ccccc3c2=O)cccc1OC. The molecule has 0 spiro atoms. The molecule has 0 unspecified atom stereocenters. The molecule has 1 aromatic heterocycles. The van der Waals surface area contributed by atoms with Crippen LogP contribution in [0.25, 0.3) is 22.3 Å². The van der Waals surface area contributed by atoms with Crippen LogP contribution in [0.3, 0.4) is 0 Å². The van der Waals surface area contributed by atoms with Crippen LogP contribution in [0, 0.1) is 6.92 Å². The summed E-state index contributed by atoms with van der Waals surface area (Å²) in [6, 6.07) is 16.3. The maximum absolute atomic E-state index is 13.8. The zero-order chi connectivity index (χ0) is 29.0. The average Bonchev–Trinajstić information content (AvgIpc) is 2.96. The van der Waals surface area contributed by atoms with E-state index in [9.17, 15) is 9.59 Å². The van der Waals surface area contributed by atoms with E-state index in [1.165, 1.54) is 25.1 Å². The third-order valence-electron chi connectivity index (χ3n) is 6.56. The van der Waals surface area contributed by atoms with Crippen LogP contribution in [0.2, 0.25) is 0 Å². The summed E-state index contributed by atoms with van der Waals surface area (Å²) in [5.41, 5.74) is 3.35. The number of benzene rings is 3. The van der Waals surface area contributed by atoms with Crippen molar-refractivity contribution in [1.82, 2.24) is 9.66 Å². The number of aromatic nitrogens is 2. The van der Waals surface area contributed by atoms with Crippen molar-refractivity contribution in [3.8, 4) is 28.6 Å². The van der Waals surface area contributed by atoms with Crippen LogP contribution in [0.1, 0.15) is 43.4 Å². The van der Waals surface area contributed by atoms with Gasteiger partial charge in [0, 0.05) is 11.1 Å². The molecule has 0 N–H and O–H groups in total. The van der Waals surface area contributed by atoms with Gasteiger partial charge in [0.1, 0.15) is 5.75 Å². The Morgan fingerprint density at radius 3 is 2.38 bits per heavy atom. The fourth-order valence-electron chi connectivity index (χ4n) is 4.40. The standard InChI is InChI=1S/C31H33N3O6/c1-18(2)23-16-24(19(3)15-27(23)38-6)29-33-25-13-9-8-12-22(25)30(35)34(29)32-17-21-11-10-14-26(37-5)28(21)40-20(4)31(36)39-7/h8-18,20H,1-7H3/t20-/m1/s1. The van der Waals surface area contributed by atoms with Crippen molar-refractivity contribution in [3.63, 3.8) is 0 Å². The average molecular weight is 544 g/mol. The second-order valence-corrected chi connectivity index (χ2v) is 9.54. The number of hydrogen-bond donors (Lipinski definition) is 0. The van der Waals surface area contributed by atoms with E-state index in [1.807, 2.05) is 25.1 Å². The molecule has 0 aliphatic heterocycles. The minimum Gasteiger partial charge on any atom is -0.496 e. The predicted molar refractivity (Wildman–Crippen MR) is 155 cm³/mol. The number of esters is 1. The molecule has 0 fully saturated rings. The van der Waals surface area contributed by atoms with Crippen molar-refractivity contribution in [2.45, 2.75) is 39.7 Å². The van der Waals surface area contributed by atoms with E-state index in [-0.39, 0.29) is 17.2 Å². The number of carbonyl (C=O) groups is 1. The van der Waals surface area contributed by atoms with E-state index in [0.29, 0.717) is 28.0 Å². The number of carbonyl (C=O) groups excluding carboxylic acids is 1. The number of fused-ring (bicyclic) bond motifs is 1. The highest BCUT2D eigenvalue weighted by atomic mass is 16.6. The molecule has 9 heteroatoms. The lowest BCUT2D eigenvalue weighted by Crippen LogP contribution is -2.25. The van der Waals surface area contributed by atoms with Crippen LogP contribution in [-0.2, 0) is 9.53 Å². The Balaban J connectivity index is 1.94. The first-order chi connectivity index (χ1) is 19.2. The Kier molecular flexibility index (Phi) is 8.52. The van der Waals surface area contributed by atoms with Gasteiger partial charge in [-0.3, -0.25) is 4.79 Å². The number of hydrogen-bond acceptors (Lipinski definition) is 8. The summed E-state index contributed by atoms with van der Waals surface area (Å²) in [7, 11) is 4.43. The van der Waals surface area contributed by atoms with Gasteiger partial charge in [0.2, 0.25) is 0 Å². The summed E-state index contributed by atoms with van der Waals surface area (Å²) in [5, 5.41) is 5.03. The summed E-state index contributed by atoms with van der Waals surface area (Å²) in [6.07, 6.45) is 0.594. The number of methoxy groups -OCH3 is 3. The molecule has 40 heavy (non-hydrogen) atoms. The lowest BCUT2D eigenvalue weighted by molar-refractivity contribution is -0.147. The zero-order valence-corrected chi connectivity index (χ0v) is 23.7. The molecule has 0 saturated heterocycles. The lowest BCUT2D eigenvalue weighted by Gasteiger charge is -2.18. The molecule has 4 rings (SSSR count). The van der Waals surface area contributed by atoms with Gasteiger partial charge in [0.05, 0.1) is 38.4 Å².